The molecule has 2 heterocycles. The second-order valence-corrected chi connectivity index (χ2v) is 8.35. The highest BCUT2D eigenvalue weighted by atomic mass is 16.2. The van der Waals surface area contributed by atoms with Crippen LogP contribution >= 0.6 is 0 Å². The number of benzene rings is 2. The molecule has 158 valence electrons. The van der Waals surface area contributed by atoms with Gasteiger partial charge in [-0.2, -0.15) is 0 Å². The van der Waals surface area contributed by atoms with Gasteiger partial charge in [0.05, 0.1) is 0 Å². The molecule has 2 aromatic carbocycles. The Morgan fingerprint density at radius 3 is 2.20 bits per heavy atom. The molecule has 1 unspecified atom stereocenters. The molecule has 0 bridgehead atoms. The first-order chi connectivity index (χ1) is 14.7. The Bertz CT molecular complexity index is 832. The number of anilines is 1. The number of hydrogen-bond acceptors (Lipinski definition) is 3. The zero-order valence-electron chi connectivity index (χ0n) is 17.6. The number of likely N-dealkylation sites (tertiary alicyclic amines) is 1. The first kappa shape index (κ1) is 20.5. The van der Waals surface area contributed by atoms with Crippen molar-refractivity contribution in [3.63, 3.8) is 0 Å². The molecule has 2 amide bonds. The molecule has 0 aliphatic carbocycles. The minimum absolute atomic E-state index is 0.127. The maximum atomic E-state index is 13.2. The normalized spacial score (nSPS) is 20.2. The van der Waals surface area contributed by atoms with Crippen LogP contribution in [0.4, 0.5) is 5.69 Å². The summed E-state index contributed by atoms with van der Waals surface area (Å²) in [4.78, 5) is 32.3. The number of nitrogens with zero attached hydrogens (tertiary/aromatic N) is 3. The zero-order chi connectivity index (χ0) is 20.8. The van der Waals surface area contributed by atoms with Crippen molar-refractivity contribution < 1.29 is 9.59 Å². The van der Waals surface area contributed by atoms with Gasteiger partial charge in [0, 0.05) is 57.3 Å². The van der Waals surface area contributed by atoms with Gasteiger partial charge in [0.2, 0.25) is 11.8 Å². The maximum absolute atomic E-state index is 13.2. The molecule has 0 aromatic heterocycles. The fourth-order valence-corrected chi connectivity index (χ4v) is 4.53. The molecule has 2 aliphatic heterocycles. The number of rotatable bonds is 5. The van der Waals surface area contributed by atoms with E-state index in [0.29, 0.717) is 13.0 Å². The van der Waals surface area contributed by atoms with E-state index in [1.165, 1.54) is 5.69 Å². The van der Waals surface area contributed by atoms with Crippen LogP contribution in [0, 0.1) is 5.92 Å². The Hall–Kier alpha value is -2.82. The summed E-state index contributed by atoms with van der Waals surface area (Å²) < 4.78 is 0. The molecule has 0 radical (unpaired) electrons. The van der Waals surface area contributed by atoms with E-state index in [1.54, 1.807) is 0 Å². The summed E-state index contributed by atoms with van der Waals surface area (Å²) >= 11 is 0. The molecule has 2 fully saturated rings. The molecular formula is C25H31N3O2. The first-order valence-electron chi connectivity index (χ1n) is 11.1. The molecule has 30 heavy (non-hydrogen) atoms. The van der Waals surface area contributed by atoms with Gasteiger partial charge in [-0.25, -0.2) is 0 Å². The van der Waals surface area contributed by atoms with Gasteiger partial charge in [-0.05, 0) is 30.5 Å². The molecule has 0 saturated carbocycles. The molecule has 0 spiro atoms. The SMILES string of the molecule is O=C(CC1CCCCN(Cc2ccccc2)C1=O)N1CCN(c2ccccc2)CC1. The van der Waals surface area contributed by atoms with E-state index in [4.69, 9.17) is 0 Å². The van der Waals surface area contributed by atoms with Crippen molar-refractivity contribution in [1.82, 2.24) is 9.80 Å². The first-order valence-corrected chi connectivity index (χ1v) is 11.1. The van der Waals surface area contributed by atoms with E-state index < -0.39 is 0 Å². The third-order valence-corrected chi connectivity index (χ3v) is 6.28. The fraction of sp³-hybridized carbons (Fsp3) is 0.440. The van der Waals surface area contributed by atoms with Gasteiger partial charge in [0.1, 0.15) is 0 Å². The second-order valence-electron chi connectivity index (χ2n) is 8.35. The minimum atomic E-state index is -0.184. The predicted molar refractivity (Wildman–Crippen MR) is 119 cm³/mol. The fourth-order valence-electron chi connectivity index (χ4n) is 4.53. The average Bonchev–Trinajstić information content (AvgIpc) is 2.97. The Balaban J connectivity index is 1.32. The summed E-state index contributed by atoms with van der Waals surface area (Å²) in [5.41, 5.74) is 2.36. The van der Waals surface area contributed by atoms with Crippen molar-refractivity contribution in [2.24, 2.45) is 5.92 Å². The molecule has 5 nitrogen and oxygen atoms in total. The average molecular weight is 406 g/mol. The molecule has 2 saturated heterocycles. The zero-order valence-corrected chi connectivity index (χ0v) is 17.6. The summed E-state index contributed by atoms with van der Waals surface area (Å²) in [6.07, 6.45) is 3.19. The summed E-state index contributed by atoms with van der Waals surface area (Å²) in [5.74, 6) is 0.0890. The van der Waals surface area contributed by atoms with Gasteiger partial charge < -0.3 is 14.7 Å². The number of amides is 2. The van der Waals surface area contributed by atoms with Crippen LogP contribution in [0.2, 0.25) is 0 Å². The lowest BCUT2D eigenvalue weighted by molar-refractivity contribution is -0.141. The highest BCUT2D eigenvalue weighted by Gasteiger charge is 2.31. The molecule has 2 aromatic rings. The van der Waals surface area contributed by atoms with Gasteiger partial charge in [-0.15, -0.1) is 0 Å². The van der Waals surface area contributed by atoms with Crippen molar-refractivity contribution in [3.8, 4) is 0 Å². The van der Waals surface area contributed by atoms with E-state index in [9.17, 15) is 9.59 Å². The quantitative estimate of drug-likeness (QED) is 0.764. The number of para-hydroxylation sites is 1. The third-order valence-electron chi connectivity index (χ3n) is 6.28. The van der Waals surface area contributed by atoms with Crippen LogP contribution in [0.1, 0.15) is 31.2 Å². The largest absolute Gasteiger partial charge is 0.368 e. The lowest BCUT2D eigenvalue weighted by atomic mass is 9.97. The standard InChI is InChI=1S/C25H31N3O2/c29-24(27-17-15-26(16-18-27)23-12-5-2-6-13-23)19-22-11-7-8-14-28(25(22)30)20-21-9-3-1-4-10-21/h1-6,9-10,12-13,22H,7-8,11,14-20H2. The monoisotopic (exact) mass is 405 g/mol. The van der Waals surface area contributed by atoms with E-state index in [0.717, 1.165) is 57.5 Å². The molecule has 1 atom stereocenters. The number of hydrogen-bond donors (Lipinski definition) is 0. The van der Waals surface area contributed by atoms with E-state index >= 15 is 0 Å². The predicted octanol–water partition coefficient (Wildman–Crippen LogP) is 3.55. The summed E-state index contributed by atoms with van der Waals surface area (Å²) in [6, 6.07) is 20.5. The van der Waals surface area contributed by atoms with Gasteiger partial charge in [-0.1, -0.05) is 55.0 Å². The highest BCUT2D eigenvalue weighted by molar-refractivity contribution is 5.86. The van der Waals surface area contributed by atoms with Crippen LogP contribution in [-0.4, -0.2) is 54.3 Å². The van der Waals surface area contributed by atoms with E-state index in [1.807, 2.05) is 46.2 Å². The Morgan fingerprint density at radius 1 is 0.833 bits per heavy atom. The molecule has 2 aliphatic rings. The summed E-state index contributed by atoms with van der Waals surface area (Å²) in [7, 11) is 0. The number of piperazine rings is 1. The molecular weight excluding hydrogens is 374 g/mol. The minimum Gasteiger partial charge on any atom is -0.368 e. The molecule has 5 heteroatoms. The van der Waals surface area contributed by atoms with E-state index in [-0.39, 0.29) is 17.7 Å². The van der Waals surface area contributed by atoms with Crippen LogP contribution in [0.25, 0.3) is 0 Å². The smallest absolute Gasteiger partial charge is 0.226 e. The van der Waals surface area contributed by atoms with Gasteiger partial charge in [-0.3, -0.25) is 9.59 Å². The van der Waals surface area contributed by atoms with Crippen LogP contribution < -0.4 is 4.90 Å². The summed E-state index contributed by atoms with van der Waals surface area (Å²) in [5, 5.41) is 0. The highest BCUT2D eigenvalue weighted by Crippen LogP contribution is 2.24. The van der Waals surface area contributed by atoms with Gasteiger partial charge in [0.15, 0.2) is 0 Å². The van der Waals surface area contributed by atoms with E-state index in [2.05, 4.69) is 29.2 Å². The van der Waals surface area contributed by atoms with Crippen LogP contribution in [0.15, 0.2) is 60.7 Å². The van der Waals surface area contributed by atoms with Crippen LogP contribution in [0.3, 0.4) is 0 Å². The Morgan fingerprint density at radius 2 is 1.50 bits per heavy atom. The van der Waals surface area contributed by atoms with Gasteiger partial charge >= 0.3 is 0 Å². The molecule has 0 N–H and O–H groups in total. The molecule has 4 rings (SSSR count). The van der Waals surface area contributed by atoms with Crippen molar-refractivity contribution >= 4 is 17.5 Å². The summed E-state index contributed by atoms with van der Waals surface area (Å²) in [6.45, 7) is 4.56. The van der Waals surface area contributed by atoms with Gasteiger partial charge in [0.25, 0.3) is 0 Å². The number of carbonyl (C=O) groups is 2. The lowest BCUT2D eigenvalue weighted by Gasteiger charge is -2.36. The topological polar surface area (TPSA) is 43.9 Å². The van der Waals surface area contributed by atoms with Crippen LogP contribution in [-0.2, 0) is 16.1 Å². The van der Waals surface area contributed by atoms with Crippen LogP contribution in [0.5, 0.6) is 0 Å². The van der Waals surface area contributed by atoms with Crippen molar-refractivity contribution in [1.29, 1.82) is 0 Å². The Labute approximate surface area is 179 Å². The second kappa shape index (κ2) is 9.79. The van der Waals surface area contributed by atoms with Crippen molar-refractivity contribution in [2.45, 2.75) is 32.2 Å². The van der Waals surface area contributed by atoms with Crippen molar-refractivity contribution in [3.05, 3.63) is 66.2 Å². The Kier molecular flexibility index (Phi) is 6.67. The van der Waals surface area contributed by atoms with Crippen molar-refractivity contribution in [2.75, 3.05) is 37.6 Å². The third kappa shape index (κ3) is 5.02. The maximum Gasteiger partial charge on any atom is 0.226 e. The lowest BCUT2D eigenvalue weighted by Crippen LogP contribution is -2.49. The number of carbonyl (C=O) groups excluding carboxylic acids is 2.